The van der Waals surface area contributed by atoms with Crippen LogP contribution in [0.2, 0.25) is 0 Å². The zero-order valence-corrected chi connectivity index (χ0v) is 11.5. The Balaban J connectivity index is 2.32. The van der Waals surface area contributed by atoms with E-state index in [1.54, 1.807) is 6.20 Å². The Morgan fingerprint density at radius 2 is 2.11 bits per heavy atom. The number of unbranched alkanes of at least 4 members (excludes halogenated alkanes) is 1. The van der Waals surface area contributed by atoms with Crippen LogP contribution in [-0.4, -0.2) is 22.1 Å². The molecule has 0 saturated carbocycles. The molecule has 0 unspecified atom stereocenters. The van der Waals surface area contributed by atoms with E-state index >= 15 is 0 Å². The topological polar surface area (TPSA) is 44.1 Å². The number of carbonyl (C=O) groups excluding carboxylic acids is 1. The van der Waals surface area contributed by atoms with E-state index in [0.717, 1.165) is 38.6 Å². The predicted molar refractivity (Wildman–Crippen MR) is 71.1 cm³/mol. The van der Waals surface area contributed by atoms with Crippen molar-refractivity contribution in [3.8, 4) is 0 Å². The maximum Gasteiger partial charge on any atom is 0.308 e. The number of esters is 1. The molecular weight excluding hydrogens is 228 g/mol. The Morgan fingerprint density at radius 3 is 2.72 bits per heavy atom. The summed E-state index contributed by atoms with van der Waals surface area (Å²) in [5, 5.41) is 0. The van der Waals surface area contributed by atoms with Crippen molar-refractivity contribution >= 4 is 5.97 Å². The van der Waals surface area contributed by atoms with Gasteiger partial charge in [-0.05, 0) is 26.2 Å². The molecule has 1 aromatic heterocycles. The van der Waals surface area contributed by atoms with Crippen LogP contribution in [0.3, 0.4) is 0 Å². The summed E-state index contributed by atoms with van der Waals surface area (Å²) in [4.78, 5) is 15.8. The molecular formula is C14H24N2O2. The molecule has 0 saturated heterocycles. The Kier molecular flexibility index (Phi) is 7.14. The number of hydrogen-bond acceptors (Lipinski definition) is 3. The summed E-state index contributed by atoms with van der Waals surface area (Å²) < 4.78 is 7.17. The van der Waals surface area contributed by atoms with Gasteiger partial charge in [0.2, 0.25) is 0 Å². The number of imidazole rings is 1. The number of ether oxygens (including phenoxy) is 1. The van der Waals surface area contributed by atoms with Crippen molar-refractivity contribution in [2.45, 2.75) is 52.5 Å². The van der Waals surface area contributed by atoms with Crippen molar-refractivity contribution in [1.29, 1.82) is 0 Å². The SMILES string of the molecule is CCCC[C@@H](CCCn1ccnc1)C(=O)OCC. The molecule has 0 radical (unpaired) electrons. The molecule has 0 aromatic carbocycles. The molecule has 0 N–H and O–H groups in total. The summed E-state index contributed by atoms with van der Waals surface area (Å²) in [6.45, 7) is 5.40. The molecule has 0 spiro atoms. The van der Waals surface area contributed by atoms with Gasteiger partial charge in [0.15, 0.2) is 0 Å². The lowest BCUT2D eigenvalue weighted by Gasteiger charge is -2.15. The average molecular weight is 252 g/mol. The number of rotatable bonds is 9. The van der Waals surface area contributed by atoms with Crippen LogP contribution in [0, 0.1) is 5.92 Å². The largest absolute Gasteiger partial charge is 0.466 e. The van der Waals surface area contributed by atoms with Crippen LogP contribution in [0.5, 0.6) is 0 Å². The summed E-state index contributed by atoms with van der Waals surface area (Å²) >= 11 is 0. The molecule has 4 heteroatoms. The van der Waals surface area contributed by atoms with E-state index in [4.69, 9.17) is 4.74 Å². The van der Waals surface area contributed by atoms with Crippen molar-refractivity contribution in [3.05, 3.63) is 18.7 Å². The van der Waals surface area contributed by atoms with Crippen LogP contribution in [0.1, 0.15) is 46.0 Å². The van der Waals surface area contributed by atoms with Gasteiger partial charge in [0, 0.05) is 18.9 Å². The Bertz CT molecular complexity index is 323. The molecule has 1 heterocycles. The summed E-state index contributed by atoms with van der Waals surface area (Å²) in [6, 6.07) is 0. The first-order chi connectivity index (χ1) is 8.77. The Morgan fingerprint density at radius 1 is 1.33 bits per heavy atom. The summed E-state index contributed by atoms with van der Waals surface area (Å²) in [5.74, 6) is 0.0324. The van der Waals surface area contributed by atoms with E-state index in [2.05, 4.69) is 11.9 Å². The maximum atomic E-state index is 11.8. The van der Waals surface area contributed by atoms with E-state index in [9.17, 15) is 4.79 Å². The van der Waals surface area contributed by atoms with E-state index in [-0.39, 0.29) is 11.9 Å². The van der Waals surface area contributed by atoms with Crippen molar-refractivity contribution < 1.29 is 9.53 Å². The molecule has 1 aromatic rings. The van der Waals surface area contributed by atoms with Gasteiger partial charge in [0.1, 0.15) is 0 Å². The molecule has 18 heavy (non-hydrogen) atoms. The highest BCUT2D eigenvalue weighted by atomic mass is 16.5. The van der Waals surface area contributed by atoms with E-state index < -0.39 is 0 Å². The zero-order valence-electron chi connectivity index (χ0n) is 11.5. The van der Waals surface area contributed by atoms with Gasteiger partial charge in [-0.3, -0.25) is 4.79 Å². The number of carbonyl (C=O) groups is 1. The average Bonchev–Trinajstić information content (AvgIpc) is 2.86. The summed E-state index contributed by atoms with van der Waals surface area (Å²) in [5.41, 5.74) is 0. The maximum absolute atomic E-state index is 11.8. The Hall–Kier alpha value is -1.32. The third-order valence-electron chi connectivity index (χ3n) is 3.05. The third-order valence-corrected chi connectivity index (χ3v) is 3.05. The van der Waals surface area contributed by atoms with Crippen molar-refractivity contribution in [2.75, 3.05) is 6.61 Å². The molecule has 0 amide bonds. The minimum atomic E-state index is -0.0309. The molecule has 0 fully saturated rings. The first-order valence-electron chi connectivity index (χ1n) is 6.90. The number of aryl methyl sites for hydroxylation is 1. The van der Waals surface area contributed by atoms with Gasteiger partial charge in [-0.2, -0.15) is 0 Å². The smallest absolute Gasteiger partial charge is 0.308 e. The van der Waals surface area contributed by atoms with Crippen LogP contribution in [0.25, 0.3) is 0 Å². The van der Waals surface area contributed by atoms with Crippen LogP contribution in [-0.2, 0) is 16.1 Å². The fourth-order valence-electron chi connectivity index (χ4n) is 2.03. The lowest BCUT2D eigenvalue weighted by atomic mass is 9.97. The van der Waals surface area contributed by atoms with Crippen molar-refractivity contribution in [2.24, 2.45) is 5.92 Å². The van der Waals surface area contributed by atoms with E-state index in [1.807, 2.05) is 24.0 Å². The van der Waals surface area contributed by atoms with Crippen LogP contribution < -0.4 is 0 Å². The van der Waals surface area contributed by atoms with Crippen LogP contribution in [0.15, 0.2) is 18.7 Å². The molecule has 4 nitrogen and oxygen atoms in total. The second-order valence-corrected chi connectivity index (χ2v) is 4.53. The lowest BCUT2D eigenvalue weighted by molar-refractivity contribution is -0.148. The number of nitrogens with zero attached hydrogens (tertiary/aromatic N) is 2. The standard InChI is InChI=1S/C14H24N2O2/c1-3-5-7-13(14(17)18-4-2)8-6-10-16-11-9-15-12-16/h9,11-13H,3-8,10H2,1-2H3/t13-/m0/s1. The molecule has 0 bridgehead atoms. The minimum Gasteiger partial charge on any atom is -0.466 e. The first-order valence-corrected chi connectivity index (χ1v) is 6.90. The third kappa shape index (κ3) is 5.34. The predicted octanol–water partition coefficient (Wildman–Crippen LogP) is 3.03. The fraction of sp³-hybridized carbons (Fsp3) is 0.714. The van der Waals surface area contributed by atoms with Gasteiger partial charge in [-0.1, -0.05) is 19.8 Å². The first kappa shape index (κ1) is 14.7. The highest BCUT2D eigenvalue weighted by Gasteiger charge is 2.18. The van der Waals surface area contributed by atoms with E-state index in [1.165, 1.54) is 0 Å². The summed E-state index contributed by atoms with van der Waals surface area (Å²) in [6.07, 6.45) is 10.6. The van der Waals surface area contributed by atoms with Gasteiger partial charge in [0.05, 0.1) is 18.9 Å². The number of hydrogen-bond donors (Lipinski definition) is 0. The highest BCUT2D eigenvalue weighted by molar-refractivity contribution is 5.72. The van der Waals surface area contributed by atoms with Crippen molar-refractivity contribution in [3.63, 3.8) is 0 Å². The van der Waals surface area contributed by atoms with Gasteiger partial charge >= 0.3 is 5.97 Å². The molecule has 102 valence electrons. The molecule has 0 aliphatic heterocycles. The highest BCUT2D eigenvalue weighted by Crippen LogP contribution is 2.17. The monoisotopic (exact) mass is 252 g/mol. The van der Waals surface area contributed by atoms with Gasteiger partial charge in [-0.15, -0.1) is 0 Å². The summed E-state index contributed by atoms with van der Waals surface area (Å²) in [7, 11) is 0. The minimum absolute atomic E-state index is 0.0309. The van der Waals surface area contributed by atoms with E-state index in [0.29, 0.717) is 6.61 Å². The quantitative estimate of drug-likeness (QED) is 0.634. The zero-order chi connectivity index (χ0) is 13.2. The van der Waals surface area contributed by atoms with Gasteiger partial charge in [-0.25, -0.2) is 4.98 Å². The van der Waals surface area contributed by atoms with Gasteiger partial charge < -0.3 is 9.30 Å². The molecule has 0 aliphatic rings. The fourth-order valence-corrected chi connectivity index (χ4v) is 2.03. The molecule has 1 atom stereocenters. The van der Waals surface area contributed by atoms with Crippen LogP contribution >= 0.6 is 0 Å². The van der Waals surface area contributed by atoms with Crippen molar-refractivity contribution in [1.82, 2.24) is 9.55 Å². The molecule has 1 rings (SSSR count). The second kappa shape index (κ2) is 8.72. The second-order valence-electron chi connectivity index (χ2n) is 4.53. The lowest BCUT2D eigenvalue weighted by Crippen LogP contribution is -2.18. The van der Waals surface area contributed by atoms with Crippen LogP contribution in [0.4, 0.5) is 0 Å². The van der Waals surface area contributed by atoms with Gasteiger partial charge in [0.25, 0.3) is 0 Å². The number of aromatic nitrogens is 2. The molecule has 0 aliphatic carbocycles. The Labute approximate surface area is 109 Å². The normalized spacial score (nSPS) is 12.3.